The van der Waals surface area contributed by atoms with Gasteiger partial charge in [-0.1, -0.05) is 43.4 Å². The van der Waals surface area contributed by atoms with Gasteiger partial charge >= 0.3 is 0 Å². The average molecular weight is 223 g/mol. The lowest BCUT2D eigenvalue weighted by Gasteiger charge is -2.20. The van der Waals surface area contributed by atoms with Crippen LogP contribution in [0.15, 0.2) is 36.5 Å². The molecule has 0 amide bonds. The van der Waals surface area contributed by atoms with Gasteiger partial charge in [-0.3, -0.25) is 0 Å². The predicted octanol–water partition coefficient (Wildman–Crippen LogP) is 3.08. The van der Waals surface area contributed by atoms with E-state index < -0.39 is 0 Å². The smallest absolute Gasteiger partial charge is 0.0755 e. The molecule has 2 atom stereocenters. The van der Waals surface area contributed by atoms with Crippen LogP contribution in [0.25, 0.3) is 0 Å². The molecule has 0 rings (SSSR count). The zero-order valence-corrected chi connectivity index (χ0v) is 10.9. The second kappa shape index (κ2) is 10.7. The van der Waals surface area contributed by atoms with Crippen molar-refractivity contribution in [2.45, 2.75) is 38.8 Å². The molecule has 0 saturated carbocycles. The second-order valence-electron chi connectivity index (χ2n) is 3.74. The van der Waals surface area contributed by atoms with E-state index in [1.807, 2.05) is 19.2 Å². The Bertz CT molecular complexity index is 231. The van der Waals surface area contributed by atoms with Crippen molar-refractivity contribution in [3.8, 4) is 0 Å². The van der Waals surface area contributed by atoms with Crippen molar-refractivity contribution in [3.63, 3.8) is 0 Å². The number of ether oxygens (including phenoxy) is 1. The maximum atomic E-state index is 5.40. The first-order valence-electron chi connectivity index (χ1n) is 5.94. The number of rotatable bonds is 8. The van der Waals surface area contributed by atoms with Crippen LogP contribution in [-0.2, 0) is 4.74 Å². The minimum absolute atomic E-state index is 0.237. The Labute approximate surface area is 100 Å². The topological polar surface area (TPSA) is 21.3 Å². The van der Waals surface area contributed by atoms with E-state index in [2.05, 4.69) is 43.5 Å². The highest BCUT2D eigenvalue weighted by Crippen LogP contribution is 2.04. The summed E-state index contributed by atoms with van der Waals surface area (Å²) >= 11 is 0. The molecule has 92 valence electrons. The molecule has 0 fully saturated rings. The number of nitrogens with one attached hydrogen (secondary N) is 1. The van der Waals surface area contributed by atoms with Crippen molar-refractivity contribution >= 4 is 0 Å². The molecule has 2 heteroatoms. The quantitative estimate of drug-likeness (QED) is 0.639. The molecule has 16 heavy (non-hydrogen) atoms. The van der Waals surface area contributed by atoms with Crippen LogP contribution in [0.4, 0.5) is 0 Å². The third kappa shape index (κ3) is 7.43. The molecular weight excluding hydrogens is 198 g/mol. The van der Waals surface area contributed by atoms with E-state index in [-0.39, 0.29) is 6.10 Å². The Morgan fingerprint density at radius 2 is 1.75 bits per heavy atom. The lowest BCUT2D eigenvalue weighted by molar-refractivity contribution is 0.0787. The van der Waals surface area contributed by atoms with Crippen molar-refractivity contribution in [2.24, 2.45) is 0 Å². The molecule has 0 aliphatic rings. The Kier molecular flexibility index (Phi) is 10.1. The molecule has 0 saturated heterocycles. The lowest BCUT2D eigenvalue weighted by atomic mass is 10.1. The maximum Gasteiger partial charge on any atom is 0.0755 e. The highest BCUT2D eigenvalue weighted by Gasteiger charge is 2.11. The summed E-state index contributed by atoms with van der Waals surface area (Å²) < 4.78 is 5.40. The molecule has 0 aromatic rings. The lowest BCUT2D eigenvalue weighted by Crippen LogP contribution is -2.35. The fraction of sp³-hybridized carbons (Fsp3) is 0.571. The van der Waals surface area contributed by atoms with Crippen molar-refractivity contribution in [2.75, 3.05) is 14.2 Å². The zero-order chi connectivity index (χ0) is 12.2. The van der Waals surface area contributed by atoms with E-state index in [4.69, 9.17) is 4.74 Å². The highest BCUT2D eigenvalue weighted by molar-refractivity contribution is 5.11. The molecule has 0 aliphatic heterocycles. The van der Waals surface area contributed by atoms with E-state index in [0.717, 1.165) is 12.8 Å². The number of methoxy groups -OCH3 is 1. The fourth-order valence-corrected chi connectivity index (χ4v) is 1.32. The van der Waals surface area contributed by atoms with Gasteiger partial charge in [-0.25, -0.2) is 0 Å². The first kappa shape index (κ1) is 15.1. The van der Waals surface area contributed by atoms with Crippen LogP contribution < -0.4 is 5.32 Å². The van der Waals surface area contributed by atoms with E-state index >= 15 is 0 Å². The van der Waals surface area contributed by atoms with Crippen LogP contribution in [0, 0.1) is 0 Å². The van der Waals surface area contributed by atoms with Crippen LogP contribution in [0.3, 0.4) is 0 Å². The van der Waals surface area contributed by atoms with Crippen LogP contribution in [0.2, 0.25) is 0 Å². The van der Waals surface area contributed by atoms with E-state index in [1.165, 1.54) is 0 Å². The van der Waals surface area contributed by atoms with Gasteiger partial charge in [-0.15, -0.1) is 0 Å². The zero-order valence-electron chi connectivity index (χ0n) is 10.9. The van der Waals surface area contributed by atoms with Crippen LogP contribution in [0.1, 0.15) is 26.7 Å². The maximum absolute atomic E-state index is 5.40. The minimum Gasteiger partial charge on any atom is -0.380 e. The molecular formula is C14H25NO. The van der Waals surface area contributed by atoms with Gasteiger partial charge in [0, 0.05) is 13.2 Å². The fourth-order valence-electron chi connectivity index (χ4n) is 1.32. The summed E-state index contributed by atoms with van der Waals surface area (Å²) in [5.74, 6) is 0. The molecule has 0 radical (unpaired) electrons. The Hall–Kier alpha value is -0.860. The van der Waals surface area contributed by atoms with Gasteiger partial charge in [0.1, 0.15) is 0 Å². The van der Waals surface area contributed by atoms with E-state index in [1.54, 1.807) is 7.11 Å². The van der Waals surface area contributed by atoms with E-state index in [9.17, 15) is 0 Å². The van der Waals surface area contributed by atoms with Gasteiger partial charge in [0.2, 0.25) is 0 Å². The molecule has 0 aromatic heterocycles. The van der Waals surface area contributed by atoms with Gasteiger partial charge in [0.05, 0.1) is 6.10 Å². The molecule has 0 aliphatic carbocycles. The number of likely N-dealkylation sites (N-methyl/N-ethyl adjacent to an activating group) is 1. The van der Waals surface area contributed by atoms with Crippen LogP contribution >= 0.6 is 0 Å². The molecule has 0 heterocycles. The Balaban J connectivity index is 3.88. The summed E-state index contributed by atoms with van der Waals surface area (Å²) in [5.41, 5.74) is 0. The number of hydrogen-bond acceptors (Lipinski definition) is 2. The first-order valence-corrected chi connectivity index (χ1v) is 5.94. The standard InChI is InChI=1S/C14H25NO/c1-5-6-7-8-9-10-11-12-14(16-4)13(2)15-3/h6-11,13-15H,5,12H2,1-4H3/t13-,14-/m0/s1. The normalized spacial score (nSPS) is 16.5. The predicted molar refractivity (Wildman–Crippen MR) is 71.6 cm³/mol. The third-order valence-electron chi connectivity index (χ3n) is 2.53. The number of hydrogen-bond donors (Lipinski definition) is 1. The molecule has 0 spiro atoms. The van der Waals surface area contributed by atoms with Crippen LogP contribution in [0.5, 0.6) is 0 Å². The van der Waals surface area contributed by atoms with Crippen LogP contribution in [-0.4, -0.2) is 26.3 Å². The minimum atomic E-state index is 0.237. The summed E-state index contributed by atoms with van der Waals surface area (Å²) in [5, 5.41) is 3.20. The van der Waals surface area contributed by atoms with Gasteiger partial charge in [0.25, 0.3) is 0 Å². The van der Waals surface area contributed by atoms with Crippen molar-refractivity contribution in [1.29, 1.82) is 0 Å². The van der Waals surface area contributed by atoms with Gasteiger partial charge in [-0.2, -0.15) is 0 Å². The Morgan fingerprint density at radius 1 is 1.12 bits per heavy atom. The summed E-state index contributed by atoms with van der Waals surface area (Å²) in [7, 11) is 3.71. The summed E-state index contributed by atoms with van der Waals surface area (Å²) in [6.45, 7) is 4.25. The number of allylic oxidation sites excluding steroid dienone is 5. The van der Waals surface area contributed by atoms with Gasteiger partial charge < -0.3 is 10.1 Å². The first-order chi connectivity index (χ1) is 7.76. The second-order valence-corrected chi connectivity index (χ2v) is 3.74. The molecule has 1 N–H and O–H groups in total. The SMILES string of the molecule is CCC=CC=CC=CC[C@H](OC)[C@H](C)NC. The third-order valence-corrected chi connectivity index (χ3v) is 2.53. The van der Waals surface area contributed by atoms with Crippen molar-refractivity contribution < 1.29 is 4.74 Å². The molecule has 2 nitrogen and oxygen atoms in total. The Morgan fingerprint density at radius 3 is 2.25 bits per heavy atom. The van der Waals surface area contributed by atoms with Gasteiger partial charge in [0.15, 0.2) is 0 Å². The highest BCUT2D eigenvalue weighted by atomic mass is 16.5. The van der Waals surface area contributed by atoms with Crippen molar-refractivity contribution in [1.82, 2.24) is 5.32 Å². The average Bonchev–Trinajstić information content (AvgIpc) is 2.32. The van der Waals surface area contributed by atoms with E-state index in [0.29, 0.717) is 6.04 Å². The van der Waals surface area contributed by atoms with Gasteiger partial charge in [-0.05, 0) is 26.8 Å². The monoisotopic (exact) mass is 223 g/mol. The molecule has 0 aromatic carbocycles. The summed E-state index contributed by atoms with van der Waals surface area (Å²) in [4.78, 5) is 0. The summed E-state index contributed by atoms with van der Waals surface area (Å²) in [6, 6.07) is 0.374. The molecule has 0 unspecified atom stereocenters. The largest absolute Gasteiger partial charge is 0.380 e. The summed E-state index contributed by atoms with van der Waals surface area (Å²) in [6.07, 6.45) is 14.7. The molecule has 0 bridgehead atoms. The van der Waals surface area contributed by atoms with Crippen molar-refractivity contribution in [3.05, 3.63) is 36.5 Å².